The van der Waals surface area contributed by atoms with E-state index in [9.17, 15) is 4.79 Å². The number of amides is 1. The Kier molecular flexibility index (Phi) is 10.4. The van der Waals surface area contributed by atoms with E-state index >= 15 is 0 Å². The summed E-state index contributed by atoms with van der Waals surface area (Å²) in [5.41, 5.74) is 1.63. The monoisotopic (exact) mass is 528 g/mol. The Morgan fingerprint density at radius 3 is 2.67 bits per heavy atom. The number of ether oxygens (including phenoxy) is 1. The van der Waals surface area contributed by atoms with Crippen LogP contribution in [0.1, 0.15) is 37.7 Å². The summed E-state index contributed by atoms with van der Waals surface area (Å²) in [6.45, 7) is 4.15. The Bertz CT molecular complexity index is 679. The van der Waals surface area contributed by atoms with E-state index in [-0.39, 0.29) is 29.9 Å². The molecule has 7 heteroatoms. The Morgan fingerprint density at radius 2 is 2.03 bits per heavy atom. The molecule has 0 spiro atoms. The minimum absolute atomic E-state index is 0. The summed E-state index contributed by atoms with van der Waals surface area (Å²) in [4.78, 5) is 18.7. The number of nitrogens with zero attached hydrogens (tertiary/aromatic N) is 2. The predicted molar refractivity (Wildman–Crippen MR) is 132 cm³/mol. The van der Waals surface area contributed by atoms with Crippen LogP contribution in [0.2, 0.25) is 0 Å². The van der Waals surface area contributed by atoms with Gasteiger partial charge in [0, 0.05) is 59.3 Å². The molecule has 6 nitrogen and oxygen atoms in total. The third-order valence-electron chi connectivity index (χ3n) is 6.47. The zero-order valence-electron chi connectivity index (χ0n) is 18.4. The molecule has 1 aromatic rings. The van der Waals surface area contributed by atoms with Crippen LogP contribution in [0.5, 0.6) is 0 Å². The summed E-state index contributed by atoms with van der Waals surface area (Å²) in [6.07, 6.45) is 6.46. The lowest BCUT2D eigenvalue weighted by atomic mass is 9.67. The highest BCUT2D eigenvalue weighted by Crippen LogP contribution is 2.43. The van der Waals surface area contributed by atoms with Gasteiger partial charge in [-0.05, 0) is 36.7 Å². The summed E-state index contributed by atoms with van der Waals surface area (Å²) >= 11 is 0. The average molecular weight is 528 g/mol. The highest BCUT2D eigenvalue weighted by Gasteiger charge is 2.36. The van der Waals surface area contributed by atoms with E-state index in [2.05, 4.69) is 39.9 Å². The molecule has 0 aromatic heterocycles. The minimum atomic E-state index is 0. The smallest absolute Gasteiger partial charge is 0.223 e. The lowest BCUT2D eigenvalue weighted by Crippen LogP contribution is -2.47. The third kappa shape index (κ3) is 7.11. The van der Waals surface area contributed by atoms with Crippen molar-refractivity contribution in [2.75, 3.05) is 46.9 Å². The zero-order chi connectivity index (χ0) is 20.5. The zero-order valence-corrected chi connectivity index (χ0v) is 20.7. The third-order valence-corrected chi connectivity index (χ3v) is 6.47. The van der Waals surface area contributed by atoms with Gasteiger partial charge < -0.3 is 20.3 Å². The van der Waals surface area contributed by atoms with E-state index in [1.54, 1.807) is 7.11 Å². The lowest BCUT2D eigenvalue weighted by molar-refractivity contribution is -0.127. The number of carbonyl (C=O) groups is 1. The molecule has 3 rings (SSSR count). The van der Waals surface area contributed by atoms with Crippen molar-refractivity contribution in [1.29, 1.82) is 0 Å². The number of hydrogen-bond acceptors (Lipinski definition) is 3. The Hall–Kier alpha value is -1.35. The van der Waals surface area contributed by atoms with Gasteiger partial charge in [0.15, 0.2) is 5.96 Å². The van der Waals surface area contributed by atoms with Crippen LogP contribution in [-0.2, 0) is 16.0 Å². The molecule has 2 N–H and O–H groups in total. The average Bonchev–Trinajstić information content (AvgIpc) is 3.07. The molecule has 0 radical (unpaired) electrons. The van der Waals surface area contributed by atoms with Gasteiger partial charge in [-0.3, -0.25) is 9.79 Å². The maximum absolute atomic E-state index is 12.4. The molecule has 1 heterocycles. The van der Waals surface area contributed by atoms with Crippen molar-refractivity contribution in [1.82, 2.24) is 15.5 Å². The number of methoxy groups -OCH3 is 1. The second kappa shape index (κ2) is 12.5. The molecule has 1 saturated carbocycles. The van der Waals surface area contributed by atoms with Crippen LogP contribution in [0, 0.1) is 11.3 Å². The van der Waals surface area contributed by atoms with E-state index < -0.39 is 0 Å². The molecule has 168 valence electrons. The largest absolute Gasteiger partial charge is 0.385 e. The fourth-order valence-corrected chi connectivity index (χ4v) is 4.36. The van der Waals surface area contributed by atoms with Crippen LogP contribution in [0.25, 0.3) is 0 Å². The van der Waals surface area contributed by atoms with Crippen LogP contribution in [-0.4, -0.2) is 63.7 Å². The summed E-state index contributed by atoms with van der Waals surface area (Å²) in [5.74, 6) is 1.44. The van der Waals surface area contributed by atoms with Crippen molar-refractivity contribution in [3.63, 3.8) is 0 Å². The van der Waals surface area contributed by atoms with Crippen molar-refractivity contribution >= 4 is 35.8 Å². The van der Waals surface area contributed by atoms with E-state index in [0.29, 0.717) is 17.8 Å². The molecule has 1 atom stereocenters. The van der Waals surface area contributed by atoms with Crippen molar-refractivity contribution in [2.24, 2.45) is 16.3 Å². The van der Waals surface area contributed by atoms with Gasteiger partial charge in [-0.25, -0.2) is 0 Å². The SMILES string of the molecule is CN=C(NCC1CC(=O)N(CCc2ccccc2)C1)NCC1(CCOC)CCC1.I. The van der Waals surface area contributed by atoms with Crippen molar-refractivity contribution in [3.05, 3.63) is 35.9 Å². The summed E-state index contributed by atoms with van der Waals surface area (Å²) in [7, 11) is 3.58. The molecule has 1 saturated heterocycles. The molecule has 1 aliphatic heterocycles. The first-order valence-corrected chi connectivity index (χ1v) is 10.9. The minimum Gasteiger partial charge on any atom is -0.385 e. The van der Waals surface area contributed by atoms with Gasteiger partial charge >= 0.3 is 0 Å². The number of guanidine groups is 1. The van der Waals surface area contributed by atoms with Crippen LogP contribution >= 0.6 is 24.0 Å². The number of hydrogen-bond donors (Lipinski definition) is 2. The second-order valence-corrected chi connectivity index (χ2v) is 8.55. The number of rotatable bonds is 10. The maximum Gasteiger partial charge on any atom is 0.223 e. The Labute approximate surface area is 198 Å². The Balaban J connectivity index is 0.00000320. The number of halogens is 1. The molecule has 30 heavy (non-hydrogen) atoms. The number of likely N-dealkylation sites (tertiary alicyclic amines) is 1. The van der Waals surface area contributed by atoms with Gasteiger partial charge in [-0.2, -0.15) is 0 Å². The predicted octanol–water partition coefficient (Wildman–Crippen LogP) is 3.07. The fraction of sp³-hybridized carbons (Fsp3) is 0.652. The van der Waals surface area contributed by atoms with E-state index in [0.717, 1.165) is 51.6 Å². The number of benzene rings is 1. The maximum atomic E-state index is 12.4. The van der Waals surface area contributed by atoms with Gasteiger partial charge in [-0.15, -0.1) is 24.0 Å². The molecule has 2 fully saturated rings. The molecule has 0 bridgehead atoms. The molecule has 1 aromatic carbocycles. The molecule has 1 aliphatic carbocycles. The first-order valence-electron chi connectivity index (χ1n) is 10.9. The van der Waals surface area contributed by atoms with Crippen LogP contribution in [0.15, 0.2) is 35.3 Å². The first kappa shape index (κ1) is 24.9. The quantitative estimate of drug-likeness (QED) is 0.279. The van der Waals surface area contributed by atoms with E-state index in [4.69, 9.17) is 4.74 Å². The van der Waals surface area contributed by atoms with Gasteiger partial charge in [0.2, 0.25) is 5.91 Å². The summed E-state index contributed by atoms with van der Waals surface area (Å²) in [6, 6.07) is 10.4. The summed E-state index contributed by atoms with van der Waals surface area (Å²) < 4.78 is 5.28. The highest BCUT2D eigenvalue weighted by molar-refractivity contribution is 14.0. The van der Waals surface area contributed by atoms with Gasteiger partial charge in [0.05, 0.1) is 0 Å². The fourth-order valence-electron chi connectivity index (χ4n) is 4.36. The van der Waals surface area contributed by atoms with Crippen molar-refractivity contribution in [2.45, 2.75) is 38.5 Å². The highest BCUT2D eigenvalue weighted by atomic mass is 127. The summed E-state index contributed by atoms with van der Waals surface area (Å²) in [5, 5.41) is 6.93. The second-order valence-electron chi connectivity index (χ2n) is 8.55. The van der Waals surface area contributed by atoms with Crippen LogP contribution in [0.3, 0.4) is 0 Å². The number of carbonyl (C=O) groups excluding carboxylic acids is 1. The van der Waals surface area contributed by atoms with E-state index in [1.807, 2.05) is 18.0 Å². The number of nitrogens with one attached hydrogen (secondary N) is 2. The molecule has 1 unspecified atom stereocenters. The molecular formula is C23H37IN4O2. The van der Waals surface area contributed by atoms with Crippen LogP contribution in [0.4, 0.5) is 0 Å². The van der Waals surface area contributed by atoms with Gasteiger partial charge in [-0.1, -0.05) is 36.8 Å². The first-order chi connectivity index (χ1) is 14.1. The van der Waals surface area contributed by atoms with E-state index in [1.165, 1.54) is 24.8 Å². The topological polar surface area (TPSA) is 66.0 Å². The van der Waals surface area contributed by atoms with Gasteiger partial charge in [0.25, 0.3) is 0 Å². The Morgan fingerprint density at radius 1 is 1.27 bits per heavy atom. The number of aliphatic imine (C=N–C) groups is 1. The standard InChI is InChI=1S/C23H36N4O2.HI/c1-24-22(26-18-23(10-6-11-23)12-14-29-2)25-16-20-15-21(28)27(17-20)13-9-19-7-4-3-5-8-19;/h3-5,7-8,20H,6,9-18H2,1-2H3,(H2,24,25,26);1H. The lowest BCUT2D eigenvalue weighted by Gasteiger charge is -2.42. The van der Waals surface area contributed by atoms with Crippen LogP contribution < -0.4 is 10.6 Å². The normalized spacial score (nSPS) is 20.5. The molecule has 1 amide bonds. The molecular weight excluding hydrogens is 491 g/mol. The molecule has 2 aliphatic rings. The van der Waals surface area contributed by atoms with Crippen molar-refractivity contribution in [3.8, 4) is 0 Å². The van der Waals surface area contributed by atoms with Crippen molar-refractivity contribution < 1.29 is 9.53 Å². The van der Waals surface area contributed by atoms with Gasteiger partial charge in [0.1, 0.15) is 0 Å².